The van der Waals surface area contributed by atoms with Gasteiger partial charge in [0.05, 0.1) is 0 Å². The van der Waals surface area contributed by atoms with Gasteiger partial charge in [0.2, 0.25) is 0 Å². The van der Waals surface area contributed by atoms with E-state index in [0.29, 0.717) is 0 Å². The summed E-state index contributed by atoms with van der Waals surface area (Å²) in [7, 11) is 0. The Bertz CT molecular complexity index is 4160. The Morgan fingerprint density at radius 1 is 0.242 bits per heavy atom. The third-order valence-electron chi connectivity index (χ3n) is 13.8. The summed E-state index contributed by atoms with van der Waals surface area (Å²) in [5.74, 6) is 0. The minimum Gasteiger partial charge on any atom is -0.455 e. The molecule has 0 radical (unpaired) electrons. The Morgan fingerprint density at radius 2 is 0.636 bits per heavy atom. The molecule has 1 nitrogen and oxygen atoms in total. The van der Waals surface area contributed by atoms with E-state index in [1.807, 2.05) is 11.3 Å². The number of hydrogen-bond donors (Lipinski definition) is 0. The Kier molecular flexibility index (Phi) is 8.22. The topological polar surface area (TPSA) is 13.1 Å². The van der Waals surface area contributed by atoms with E-state index in [4.69, 9.17) is 4.42 Å². The van der Waals surface area contributed by atoms with E-state index in [1.165, 1.54) is 113 Å². The van der Waals surface area contributed by atoms with Gasteiger partial charge in [-0.25, -0.2) is 0 Å². The number of furan rings is 1. The van der Waals surface area contributed by atoms with Crippen molar-refractivity contribution in [2.45, 2.75) is 0 Å². The second-order valence-corrected chi connectivity index (χ2v) is 18.5. The Balaban J connectivity index is 0.970. The van der Waals surface area contributed by atoms with Gasteiger partial charge in [0.15, 0.2) is 0 Å². The van der Waals surface area contributed by atoms with Gasteiger partial charge in [0, 0.05) is 42.1 Å². The van der Waals surface area contributed by atoms with Gasteiger partial charge >= 0.3 is 0 Å². The second-order valence-electron chi connectivity index (χ2n) is 17.4. The molecule has 14 rings (SSSR count). The quantitative estimate of drug-likeness (QED) is 0.157. The predicted octanol–water partition coefficient (Wildman–Crippen LogP) is 18.9. The average Bonchev–Trinajstić information content (AvgIpc) is 3.95. The van der Waals surface area contributed by atoms with E-state index >= 15 is 0 Å². The van der Waals surface area contributed by atoms with Gasteiger partial charge in [-0.3, -0.25) is 0 Å². The fourth-order valence-corrected chi connectivity index (χ4v) is 12.0. The number of para-hydroxylation sites is 1. The molecule has 0 aliphatic heterocycles. The molecule has 0 unspecified atom stereocenters. The predicted molar refractivity (Wildman–Crippen MR) is 284 cm³/mol. The summed E-state index contributed by atoms with van der Waals surface area (Å²) in [5, 5.41) is 14.7. The van der Waals surface area contributed by atoms with Gasteiger partial charge in [0.1, 0.15) is 11.2 Å². The lowest BCUT2D eigenvalue weighted by Gasteiger charge is -2.18. The highest BCUT2D eigenvalue weighted by atomic mass is 32.1. The van der Waals surface area contributed by atoms with Gasteiger partial charge in [0.25, 0.3) is 0 Å². The van der Waals surface area contributed by atoms with E-state index in [0.717, 1.165) is 27.5 Å². The number of thiophene rings is 1. The van der Waals surface area contributed by atoms with Crippen LogP contribution >= 0.6 is 11.3 Å². The van der Waals surface area contributed by atoms with Crippen molar-refractivity contribution in [3.05, 3.63) is 231 Å². The lowest BCUT2D eigenvalue weighted by molar-refractivity contribution is 0.670. The maximum Gasteiger partial charge on any atom is 0.143 e. The van der Waals surface area contributed by atoms with Crippen LogP contribution in [0, 0.1) is 0 Å². The maximum atomic E-state index is 7.02. The first-order chi connectivity index (χ1) is 32.7. The molecular weight excluding hydrogens is 817 g/mol. The standard InChI is InChI=1S/C64H38OS/c1-3-16-39(17-4-1)41-31-34-58-55(36-41)56-38-43(32-35-59(56)66-58)62-48-24-11-13-26-50(48)63(51-27-14-12-25-49(51)62)53-29-15-28-52-54-37-42(30-33-57(54)65-64(52)53)61-46-22-9-7-20-44(46)60(40-18-5-2-6-19-40)45-21-8-10-23-47(45)61/h1-38H. The summed E-state index contributed by atoms with van der Waals surface area (Å²) in [6.07, 6.45) is 0. The van der Waals surface area contributed by atoms with E-state index in [1.54, 1.807) is 0 Å². The molecule has 0 amide bonds. The zero-order valence-electron chi connectivity index (χ0n) is 35.8. The lowest BCUT2D eigenvalue weighted by Crippen LogP contribution is -1.91. The van der Waals surface area contributed by atoms with Crippen molar-refractivity contribution >= 4 is 96.5 Å². The van der Waals surface area contributed by atoms with Gasteiger partial charge in [-0.1, -0.05) is 194 Å². The highest BCUT2D eigenvalue weighted by Crippen LogP contribution is 2.49. The Labute approximate surface area is 385 Å². The second kappa shape index (κ2) is 14.6. The highest BCUT2D eigenvalue weighted by Gasteiger charge is 2.22. The normalized spacial score (nSPS) is 11.9. The summed E-state index contributed by atoms with van der Waals surface area (Å²) in [4.78, 5) is 0. The Hall–Kier alpha value is -8.30. The van der Waals surface area contributed by atoms with E-state index in [9.17, 15) is 0 Å². The smallest absolute Gasteiger partial charge is 0.143 e. The third kappa shape index (κ3) is 5.59. The molecule has 0 aliphatic rings. The minimum absolute atomic E-state index is 0.882. The summed E-state index contributed by atoms with van der Waals surface area (Å²) in [6.45, 7) is 0. The van der Waals surface area contributed by atoms with Crippen molar-refractivity contribution in [1.29, 1.82) is 0 Å². The van der Waals surface area contributed by atoms with Crippen LogP contribution in [-0.2, 0) is 0 Å². The molecule has 0 saturated heterocycles. The molecule has 0 atom stereocenters. The number of hydrogen-bond acceptors (Lipinski definition) is 2. The van der Waals surface area contributed by atoms with Gasteiger partial charge in [-0.05, 0) is 124 Å². The van der Waals surface area contributed by atoms with E-state index < -0.39 is 0 Å². The molecule has 66 heavy (non-hydrogen) atoms. The molecular formula is C64H38OS. The van der Waals surface area contributed by atoms with Crippen LogP contribution in [-0.4, -0.2) is 0 Å². The number of rotatable bonds is 5. The molecule has 14 aromatic rings. The van der Waals surface area contributed by atoms with Gasteiger partial charge < -0.3 is 4.42 Å². The van der Waals surface area contributed by atoms with Crippen LogP contribution in [0.1, 0.15) is 0 Å². The molecule has 306 valence electrons. The summed E-state index contributed by atoms with van der Waals surface area (Å²) in [5.41, 5.74) is 13.9. The van der Waals surface area contributed by atoms with Crippen LogP contribution in [0.25, 0.3) is 141 Å². The van der Waals surface area contributed by atoms with Gasteiger partial charge in [-0.2, -0.15) is 0 Å². The molecule has 0 aliphatic carbocycles. The molecule has 0 N–H and O–H groups in total. The number of fused-ring (bicyclic) bond motifs is 10. The molecule has 12 aromatic carbocycles. The van der Waals surface area contributed by atoms with Crippen molar-refractivity contribution in [2.24, 2.45) is 0 Å². The van der Waals surface area contributed by atoms with Crippen LogP contribution in [0.4, 0.5) is 0 Å². The summed E-state index contributed by atoms with van der Waals surface area (Å²) in [6, 6.07) is 84.6. The van der Waals surface area contributed by atoms with Crippen LogP contribution < -0.4 is 0 Å². The monoisotopic (exact) mass is 854 g/mol. The first-order valence-electron chi connectivity index (χ1n) is 22.7. The van der Waals surface area contributed by atoms with Crippen molar-refractivity contribution in [2.75, 3.05) is 0 Å². The zero-order valence-corrected chi connectivity index (χ0v) is 36.6. The molecule has 2 heterocycles. The first kappa shape index (κ1) is 37.1. The lowest BCUT2D eigenvalue weighted by atomic mass is 9.85. The fraction of sp³-hybridized carbons (Fsp3) is 0. The van der Waals surface area contributed by atoms with Crippen molar-refractivity contribution in [1.82, 2.24) is 0 Å². The van der Waals surface area contributed by atoms with E-state index in [-0.39, 0.29) is 0 Å². The van der Waals surface area contributed by atoms with Crippen molar-refractivity contribution in [3.63, 3.8) is 0 Å². The molecule has 0 bridgehead atoms. The van der Waals surface area contributed by atoms with Gasteiger partial charge in [-0.15, -0.1) is 11.3 Å². The fourth-order valence-electron chi connectivity index (χ4n) is 11.0. The zero-order chi connectivity index (χ0) is 43.3. The van der Waals surface area contributed by atoms with E-state index in [2.05, 4.69) is 231 Å². The third-order valence-corrected chi connectivity index (χ3v) is 15.0. The highest BCUT2D eigenvalue weighted by molar-refractivity contribution is 7.25. The molecule has 0 fully saturated rings. The summed E-state index contributed by atoms with van der Waals surface area (Å²) < 4.78 is 9.62. The van der Waals surface area contributed by atoms with Crippen LogP contribution in [0.2, 0.25) is 0 Å². The van der Waals surface area contributed by atoms with Crippen LogP contribution in [0.15, 0.2) is 235 Å². The summed E-state index contributed by atoms with van der Waals surface area (Å²) >= 11 is 1.87. The molecule has 2 heteroatoms. The average molecular weight is 855 g/mol. The number of benzene rings is 12. The molecule has 0 spiro atoms. The van der Waals surface area contributed by atoms with Crippen molar-refractivity contribution in [3.8, 4) is 55.6 Å². The first-order valence-corrected chi connectivity index (χ1v) is 23.5. The van der Waals surface area contributed by atoms with Crippen LogP contribution in [0.3, 0.4) is 0 Å². The Morgan fingerprint density at radius 3 is 1.17 bits per heavy atom. The van der Waals surface area contributed by atoms with Crippen molar-refractivity contribution < 1.29 is 4.42 Å². The minimum atomic E-state index is 0.882. The largest absolute Gasteiger partial charge is 0.455 e. The SMILES string of the molecule is c1ccc(-c2ccc3sc4ccc(-c5c6ccccc6c(-c6cccc7c6oc6ccc(-c8c9ccccc9c(-c9ccccc9)c9ccccc89)cc67)c6ccccc56)cc4c3c2)cc1. The molecule has 0 saturated carbocycles. The van der Waals surface area contributed by atoms with Crippen LogP contribution in [0.5, 0.6) is 0 Å². The maximum absolute atomic E-state index is 7.02. The molecule has 2 aromatic heterocycles.